The van der Waals surface area contributed by atoms with E-state index in [4.69, 9.17) is 4.74 Å². The van der Waals surface area contributed by atoms with Crippen LogP contribution in [0.15, 0.2) is 42.7 Å². The average molecular weight is 242 g/mol. The Morgan fingerprint density at radius 1 is 1.06 bits per heavy atom. The molecule has 1 N–H and O–H groups in total. The van der Waals surface area contributed by atoms with Crippen LogP contribution >= 0.6 is 0 Å². The molecule has 0 spiro atoms. The Hall–Kier alpha value is -2.03. The highest BCUT2D eigenvalue weighted by Gasteiger charge is 2.01. The van der Waals surface area contributed by atoms with E-state index in [0.717, 1.165) is 17.2 Å². The molecule has 0 saturated carbocycles. The van der Waals surface area contributed by atoms with Crippen molar-refractivity contribution in [3.63, 3.8) is 0 Å². The van der Waals surface area contributed by atoms with Crippen molar-refractivity contribution in [2.45, 2.75) is 19.8 Å². The van der Waals surface area contributed by atoms with Crippen molar-refractivity contribution in [2.75, 3.05) is 12.4 Å². The number of hydrogen-bond donors (Lipinski definition) is 1. The molecule has 1 aromatic carbocycles. The van der Waals surface area contributed by atoms with Gasteiger partial charge in [-0.2, -0.15) is 0 Å². The molecule has 0 fully saturated rings. The van der Waals surface area contributed by atoms with Gasteiger partial charge in [0, 0.05) is 13.1 Å². The maximum absolute atomic E-state index is 5.75. The normalized spacial score (nSPS) is 10.4. The summed E-state index contributed by atoms with van der Waals surface area (Å²) in [5, 5.41) is 3.03. The summed E-state index contributed by atoms with van der Waals surface area (Å²) >= 11 is 0. The van der Waals surface area contributed by atoms with E-state index in [1.807, 2.05) is 25.2 Å². The topological polar surface area (TPSA) is 34.2 Å². The van der Waals surface area contributed by atoms with Gasteiger partial charge in [0.1, 0.15) is 11.5 Å². The maximum atomic E-state index is 5.75. The van der Waals surface area contributed by atoms with Gasteiger partial charge in [0.15, 0.2) is 0 Å². The number of nitrogens with one attached hydrogen (secondary N) is 1. The van der Waals surface area contributed by atoms with Crippen LogP contribution in [0, 0.1) is 0 Å². The molecule has 2 rings (SSSR count). The van der Waals surface area contributed by atoms with Crippen LogP contribution in [0.2, 0.25) is 0 Å². The van der Waals surface area contributed by atoms with Crippen LogP contribution in [0.25, 0.3) is 0 Å². The molecule has 3 nitrogen and oxygen atoms in total. The van der Waals surface area contributed by atoms with Crippen molar-refractivity contribution in [1.29, 1.82) is 0 Å². The van der Waals surface area contributed by atoms with Crippen LogP contribution in [0.3, 0.4) is 0 Å². The number of hydrogen-bond acceptors (Lipinski definition) is 3. The van der Waals surface area contributed by atoms with Gasteiger partial charge in [0.05, 0.1) is 18.1 Å². The van der Waals surface area contributed by atoms with Crippen molar-refractivity contribution in [2.24, 2.45) is 0 Å². The zero-order chi connectivity index (χ0) is 13.0. The molecule has 3 heteroatoms. The lowest BCUT2D eigenvalue weighted by molar-refractivity contribution is 0.480. The number of benzene rings is 1. The molecule has 94 valence electrons. The Balaban J connectivity index is 2.13. The van der Waals surface area contributed by atoms with Gasteiger partial charge in [-0.25, -0.2) is 0 Å². The maximum Gasteiger partial charge on any atom is 0.147 e. The van der Waals surface area contributed by atoms with E-state index < -0.39 is 0 Å². The highest BCUT2D eigenvalue weighted by Crippen LogP contribution is 2.24. The third-order valence-electron chi connectivity index (χ3n) is 2.78. The quantitative estimate of drug-likeness (QED) is 0.878. The largest absolute Gasteiger partial charge is 0.456 e. The minimum atomic E-state index is 0.535. The number of rotatable bonds is 4. The molecule has 0 saturated heterocycles. The molecule has 18 heavy (non-hydrogen) atoms. The van der Waals surface area contributed by atoms with Crippen LogP contribution in [-0.2, 0) is 0 Å². The van der Waals surface area contributed by atoms with Gasteiger partial charge in [-0.15, -0.1) is 0 Å². The SMILES string of the molecule is CNc1cncc(Oc2ccc(C(C)C)cc2)c1. The minimum absolute atomic E-state index is 0.535. The molecule has 1 aromatic heterocycles. The van der Waals surface area contributed by atoms with Crippen LogP contribution in [-0.4, -0.2) is 12.0 Å². The number of anilines is 1. The Morgan fingerprint density at radius 2 is 1.78 bits per heavy atom. The summed E-state index contributed by atoms with van der Waals surface area (Å²) in [5.74, 6) is 2.10. The third kappa shape index (κ3) is 3.00. The van der Waals surface area contributed by atoms with Crippen LogP contribution in [0.1, 0.15) is 25.3 Å². The Kier molecular flexibility index (Phi) is 3.82. The first kappa shape index (κ1) is 12.4. The second-order valence-electron chi connectivity index (χ2n) is 4.49. The van der Waals surface area contributed by atoms with Gasteiger partial charge in [0.2, 0.25) is 0 Å². The fourth-order valence-electron chi connectivity index (χ4n) is 1.67. The Morgan fingerprint density at radius 3 is 2.39 bits per heavy atom. The lowest BCUT2D eigenvalue weighted by Crippen LogP contribution is -1.91. The van der Waals surface area contributed by atoms with Crippen LogP contribution in [0.5, 0.6) is 11.5 Å². The third-order valence-corrected chi connectivity index (χ3v) is 2.78. The summed E-state index contributed by atoms with van der Waals surface area (Å²) in [6.07, 6.45) is 3.46. The first-order chi connectivity index (χ1) is 8.69. The molecule has 0 aliphatic rings. The van der Waals surface area contributed by atoms with Crippen molar-refractivity contribution in [1.82, 2.24) is 4.98 Å². The van der Waals surface area contributed by atoms with E-state index in [1.165, 1.54) is 5.56 Å². The second-order valence-corrected chi connectivity index (χ2v) is 4.49. The summed E-state index contributed by atoms with van der Waals surface area (Å²) < 4.78 is 5.75. The number of aromatic nitrogens is 1. The summed E-state index contributed by atoms with van der Waals surface area (Å²) in [5.41, 5.74) is 2.25. The van der Waals surface area contributed by atoms with Crippen molar-refractivity contribution in [3.8, 4) is 11.5 Å². The molecular weight excluding hydrogens is 224 g/mol. The van der Waals surface area contributed by atoms with Crippen molar-refractivity contribution < 1.29 is 4.74 Å². The first-order valence-electron chi connectivity index (χ1n) is 6.09. The van der Waals surface area contributed by atoms with E-state index in [-0.39, 0.29) is 0 Å². The smallest absolute Gasteiger partial charge is 0.147 e. The van der Waals surface area contributed by atoms with Crippen molar-refractivity contribution in [3.05, 3.63) is 48.3 Å². The molecule has 2 aromatic rings. The van der Waals surface area contributed by atoms with Gasteiger partial charge in [0.25, 0.3) is 0 Å². The van der Waals surface area contributed by atoms with Gasteiger partial charge < -0.3 is 10.1 Å². The predicted octanol–water partition coefficient (Wildman–Crippen LogP) is 4.04. The zero-order valence-corrected chi connectivity index (χ0v) is 11.0. The molecular formula is C15H18N2O. The van der Waals surface area contributed by atoms with Gasteiger partial charge in [-0.3, -0.25) is 4.98 Å². The molecule has 1 heterocycles. The van der Waals surface area contributed by atoms with Gasteiger partial charge >= 0.3 is 0 Å². The number of ether oxygens (including phenoxy) is 1. The van der Waals surface area contributed by atoms with Crippen LogP contribution < -0.4 is 10.1 Å². The summed E-state index contributed by atoms with van der Waals surface area (Å²) in [4.78, 5) is 4.11. The van der Waals surface area contributed by atoms with Gasteiger partial charge in [-0.1, -0.05) is 26.0 Å². The zero-order valence-electron chi connectivity index (χ0n) is 11.0. The highest BCUT2D eigenvalue weighted by molar-refractivity contribution is 5.45. The monoisotopic (exact) mass is 242 g/mol. The van der Waals surface area contributed by atoms with E-state index in [0.29, 0.717) is 5.92 Å². The average Bonchev–Trinajstić information content (AvgIpc) is 2.39. The first-order valence-corrected chi connectivity index (χ1v) is 6.09. The number of nitrogens with zero attached hydrogens (tertiary/aromatic N) is 1. The molecule has 0 unspecified atom stereocenters. The minimum Gasteiger partial charge on any atom is -0.456 e. The molecule has 0 amide bonds. The summed E-state index contributed by atoms with van der Waals surface area (Å²) in [6.45, 7) is 4.35. The number of pyridine rings is 1. The molecule has 0 radical (unpaired) electrons. The fourth-order valence-corrected chi connectivity index (χ4v) is 1.67. The lowest BCUT2D eigenvalue weighted by atomic mass is 10.0. The highest BCUT2D eigenvalue weighted by atomic mass is 16.5. The molecule has 0 aliphatic carbocycles. The van der Waals surface area contributed by atoms with E-state index in [2.05, 4.69) is 36.3 Å². The van der Waals surface area contributed by atoms with E-state index in [9.17, 15) is 0 Å². The van der Waals surface area contributed by atoms with Gasteiger partial charge in [-0.05, 0) is 23.6 Å². The van der Waals surface area contributed by atoms with Crippen LogP contribution in [0.4, 0.5) is 5.69 Å². The fraction of sp³-hybridized carbons (Fsp3) is 0.267. The molecule has 0 atom stereocenters. The molecule has 0 aliphatic heterocycles. The second kappa shape index (κ2) is 5.54. The standard InChI is InChI=1S/C15H18N2O/c1-11(2)12-4-6-14(7-5-12)18-15-8-13(16-3)9-17-10-15/h4-11,16H,1-3H3. The van der Waals surface area contributed by atoms with Crippen molar-refractivity contribution >= 4 is 5.69 Å². The van der Waals surface area contributed by atoms with E-state index >= 15 is 0 Å². The predicted molar refractivity (Wildman–Crippen MR) is 74.4 cm³/mol. The Labute approximate surface area is 108 Å². The summed E-state index contributed by atoms with van der Waals surface area (Å²) in [6, 6.07) is 10.1. The molecule has 0 bridgehead atoms. The lowest BCUT2D eigenvalue weighted by Gasteiger charge is -2.09. The summed E-state index contributed by atoms with van der Waals surface area (Å²) in [7, 11) is 1.86. The Bertz CT molecular complexity index is 506. The van der Waals surface area contributed by atoms with E-state index in [1.54, 1.807) is 12.4 Å².